The number of hydrogen-bond acceptors (Lipinski definition) is 11. The second kappa shape index (κ2) is 8.36. The third-order valence-corrected chi connectivity index (χ3v) is 5.49. The third-order valence-electron chi connectivity index (χ3n) is 5.49. The zero-order valence-corrected chi connectivity index (χ0v) is 18.0. The minimum absolute atomic E-state index is 0.218. The summed E-state index contributed by atoms with van der Waals surface area (Å²) in [4.78, 5) is 39.0. The molecule has 1 saturated heterocycles. The number of aliphatic hydroxyl groups excluding tert-OH is 3. The molecule has 0 bridgehead atoms. The number of fused-ring (bicyclic) bond motifs is 2. The van der Waals surface area contributed by atoms with Gasteiger partial charge in [-0.2, -0.15) is 0 Å². The molecule has 0 aliphatic carbocycles. The summed E-state index contributed by atoms with van der Waals surface area (Å²) in [5.74, 6) is 0.218. The Bertz CT molecular complexity index is 1440. The Morgan fingerprint density at radius 1 is 1.00 bits per heavy atom. The second-order valence-electron chi connectivity index (χ2n) is 7.55. The van der Waals surface area contributed by atoms with Crippen molar-refractivity contribution >= 4 is 28.1 Å². The molecule has 15 heteroatoms. The van der Waals surface area contributed by atoms with E-state index in [1.807, 2.05) is 0 Å². The van der Waals surface area contributed by atoms with E-state index in [1.54, 1.807) is 18.7 Å². The highest BCUT2D eigenvalue weighted by Gasteiger charge is 2.43. The Balaban J connectivity index is 0.000000165. The molecular weight excluding hydrogens is 438 g/mol. The summed E-state index contributed by atoms with van der Waals surface area (Å²) in [6.45, 7) is -0.390. The van der Waals surface area contributed by atoms with Gasteiger partial charge >= 0.3 is 5.69 Å². The average molecular weight is 461 g/mol. The number of aliphatic hydroxyl groups is 3. The molecule has 0 spiro atoms. The summed E-state index contributed by atoms with van der Waals surface area (Å²) in [6.07, 6.45) is 0.0964. The van der Waals surface area contributed by atoms with Crippen LogP contribution >= 0.6 is 0 Å². The van der Waals surface area contributed by atoms with Gasteiger partial charge in [0.25, 0.3) is 5.56 Å². The molecule has 1 aliphatic rings. The summed E-state index contributed by atoms with van der Waals surface area (Å²) in [5, 5.41) is 28.7. The van der Waals surface area contributed by atoms with Crippen LogP contribution in [0, 0.1) is 0 Å². The van der Waals surface area contributed by atoms with Gasteiger partial charge in [0.15, 0.2) is 28.9 Å². The first kappa shape index (κ1) is 22.5. The van der Waals surface area contributed by atoms with Gasteiger partial charge < -0.3 is 30.4 Å². The van der Waals surface area contributed by atoms with Gasteiger partial charge in [0.1, 0.15) is 30.2 Å². The lowest BCUT2D eigenvalue weighted by molar-refractivity contribution is -0.0511. The lowest BCUT2D eigenvalue weighted by atomic mass is 10.1. The van der Waals surface area contributed by atoms with Crippen LogP contribution in [0.15, 0.2) is 28.6 Å². The van der Waals surface area contributed by atoms with Crippen molar-refractivity contribution in [3.05, 3.63) is 39.8 Å². The first-order valence-corrected chi connectivity index (χ1v) is 9.79. The molecule has 15 nitrogen and oxygen atoms in total. The highest BCUT2D eigenvalue weighted by molar-refractivity contribution is 5.81. The molecule has 0 amide bonds. The van der Waals surface area contributed by atoms with E-state index >= 15 is 0 Å². The van der Waals surface area contributed by atoms with Crippen LogP contribution in [-0.2, 0) is 25.9 Å². The zero-order valence-electron chi connectivity index (χ0n) is 18.0. The van der Waals surface area contributed by atoms with Gasteiger partial charge in [-0.1, -0.05) is 0 Å². The van der Waals surface area contributed by atoms with Gasteiger partial charge in [0, 0.05) is 21.1 Å². The van der Waals surface area contributed by atoms with E-state index in [0.29, 0.717) is 22.3 Å². The van der Waals surface area contributed by atoms with Crippen molar-refractivity contribution in [2.75, 3.05) is 12.3 Å². The van der Waals surface area contributed by atoms with Crippen LogP contribution in [0.2, 0.25) is 0 Å². The minimum atomic E-state index is -1.19. The number of aromatic nitrogens is 8. The molecule has 33 heavy (non-hydrogen) atoms. The lowest BCUT2D eigenvalue weighted by Crippen LogP contribution is -2.37. The SMILES string of the molecule is Cn1c(=O)c2c(ncn2C)n(C)c1=O.Nc1ncnc2c1ncn2[C@@H]1O[C@H](CO)[C@@H](O)[C@H]1O. The van der Waals surface area contributed by atoms with Crippen molar-refractivity contribution in [1.82, 2.24) is 38.2 Å². The normalized spacial score (nSPS) is 22.6. The first-order chi connectivity index (χ1) is 15.7. The fourth-order valence-electron chi connectivity index (χ4n) is 3.64. The second-order valence-corrected chi connectivity index (χ2v) is 7.55. The van der Waals surface area contributed by atoms with E-state index in [1.165, 1.54) is 35.2 Å². The highest BCUT2D eigenvalue weighted by atomic mass is 16.6. The molecule has 4 aromatic heterocycles. The molecule has 176 valence electrons. The molecule has 5 heterocycles. The maximum atomic E-state index is 11.7. The van der Waals surface area contributed by atoms with E-state index in [2.05, 4.69) is 19.9 Å². The smallest absolute Gasteiger partial charge is 0.332 e. The Hall–Kier alpha value is -3.66. The largest absolute Gasteiger partial charge is 0.394 e. The minimum Gasteiger partial charge on any atom is -0.394 e. The van der Waals surface area contributed by atoms with E-state index in [-0.39, 0.29) is 17.1 Å². The highest BCUT2D eigenvalue weighted by Crippen LogP contribution is 2.31. The van der Waals surface area contributed by atoms with Crippen molar-refractivity contribution in [2.45, 2.75) is 24.5 Å². The molecule has 5 rings (SSSR count). The van der Waals surface area contributed by atoms with Gasteiger partial charge in [0.2, 0.25) is 0 Å². The van der Waals surface area contributed by atoms with E-state index < -0.39 is 31.1 Å². The van der Waals surface area contributed by atoms with Gasteiger partial charge in [-0.25, -0.2) is 24.7 Å². The molecule has 0 radical (unpaired) electrons. The molecule has 0 unspecified atom stereocenters. The molecule has 1 fully saturated rings. The Morgan fingerprint density at radius 2 is 1.73 bits per heavy atom. The van der Waals surface area contributed by atoms with Crippen LogP contribution in [0.5, 0.6) is 0 Å². The van der Waals surface area contributed by atoms with Gasteiger partial charge in [-0.05, 0) is 0 Å². The molecule has 0 aromatic carbocycles. The molecule has 1 aliphatic heterocycles. The van der Waals surface area contributed by atoms with Gasteiger partial charge in [0.05, 0.1) is 19.3 Å². The topological polar surface area (TPSA) is 201 Å². The maximum Gasteiger partial charge on any atom is 0.332 e. The number of nitrogens with two attached hydrogens (primary N) is 1. The fraction of sp³-hybridized carbons (Fsp3) is 0.444. The predicted molar refractivity (Wildman–Crippen MR) is 114 cm³/mol. The van der Waals surface area contributed by atoms with Gasteiger partial charge in [-0.15, -0.1) is 0 Å². The first-order valence-electron chi connectivity index (χ1n) is 9.79. The fourth-order valence-corrected chi connectivity index (χ4v) is 3.64. The summed E-state index contributed by atoms with van der Waals surface area (Å²) in [6, 6.07) is 0. The Kier molecular flexibility index (Phi) is 5.71. The summed E-state index contributed by atoms with van der Waals surface area (Å²) in [7, 11) is 4.77. The maximum absolute atomic E-state index is 11.7. The molecule has 5 N–H and O–H groups in total. The monoisotopic (exact) mass is 461 g/mol. The standard InChI is InChI=1S/C10H13N5O4.C8H10N4O2/c11-8-5-9(13-2-12-8)15(3-14-5)10-7(18)6(17)4(1-16)19-10;1-10-4-9-6-5(10)7(13)12(3)8(14)11(6)2/h2-4,6-7,10,16-18H,1H2,(H2,11,12,13);4H,1-3H3/t4-,6-,7-,10-;/m1./s1. The molecule has 0 saturated carbocycles. The third kappa shape index (κ3) is 3.56. The number of anilines is 1. The van der Waals surface area contributed by atoms with E-state index in [4.69, 9.17) is 15.6 Å². The Labute approximate surface area is 185 Å². The molecule has 4 aromatic rings. The number of hydrogen-bond donors (Lipinski definition) is 4. The number of aryl methyl sites for hydroxylation is 2. The van der Waals surface area contributed by atoms with Crippen LogP contribution in [0.1, 0.15) is 6.23 Å². The summed E-state index contributed by atoms with van der Waals surface area (Å²) in [5.41, 5.74) is 6.62. The number of nitrogens with zero attached hydrogens (tertiary/aromatic N) is 8. The van der Waals surface area contributed by atoms with E-state index in [0.717, 1.165) is 4.57 Å². The van der Waals surface area contributed by atoms with Crippen molar-refractivity contribution in [1.29, 1.82) is 0 Å². The molecule has 4 atom stereocenters. The summed E-state index contributed by atoms with van der Waals surface area (Å²) >= 11 is 0. The lowest BCUT2D eigenvalue weighted by Gasteiger charge is -2.16. The quantitative estimate of drug-likeness (QED) is 0.237. The van der Waals surface area contributed by atoms with Crippen LogP contribution in [0.3, 0.4) is 0 Å². The van der Waals surface area contributed by atoms with E-state index in [9.17, 15) is 19.8 Å². The van der Waals surface area contributed by atoms with Crippen molar-refractivity contribution < 1.29 is 20.1 Å². The van der Waals surface area contributed by atoms with Crippen LogP contribution in [0.4, 0.5) is 5.82 Å². The summed E-state index contributed by atoms with van der Waals surface area (Å²) < 4.78 is 10.9. The number of ether oxygens (including phenoxy) is 1. The molecular formula is C18H23N9O6. The number of nitrogen functional groups attached to an aromatic ring is 1. The van der Waals surface area contributed by atoms with Gasteiger partial charge in [-0.3, -0.25) is 18.5 Å². The predicted octanol–water partition coefficient (Wildman–Crippen LogP) is -3.01. The number of rotatable bonds is 2. The van der Waals surface area contributed by atoms with Crippen LogP contribution in [-0.4, -0.2) is 78.4 Å². The number of imidazole rings is 2. The Morgan fingerprint density at radius 3 is 2.39 bits per heavy atom. The van der Waals surface area contributed by atoms with Crippen LogP contribution in [0.25, 0.3) is 22.3 Å². The average Bonchev–Trinajstić information content (AvgIpc) is 3.48. The van der Waals surface area contributed by atoms with Crippen molar-refractivity contribution in [2.24, 2.45) is 21.1 Å². The van der Waals surface area contributed by atoms with Crippen molar-refractivity contribution in [3.8, 4) is 0 Å². The zero-order chi connectivity index (χ0) is 24.0. The van der Waals surface area contributed by atoms with Crippen LogP contribution < -0.4 is 17.0 Å². The van der Waals surface area contributed by atoms with Crippen molar-refractivity contribution in [3.63, 3.8) is 0 Å².